The van der Waals surface area contributed by atoms with Crippen LogP contribution in [0.25, 0.3) is 0 Å². The molecule has 0 saturated heterocycles. The summed E-state index contributed by atoms with van der Waals surface area (Å²) in [6.45, 7) is 4.08. The SMILES string of the molecule is COc1ccc(CC(=O)N/N=C2\CC(=O)CC(C)(C)C2)cc1. The van der Waals surface area contributed by atoms with Gasteiger partial charge in [-0.1, -0.05) is 26.0 Å². The van der Waals surface area contributed by atoms with E-state index in [9.17, 15) is 9.59 Å². The molecule has 0 aliphatic heterocycles. The number of carbonyl (C=O) groups excluding carboxylic acids is 2. The highest BCUT2D eigenvalue weighted by molar-refractivity contribution is 6.05. The minimum absolute atomic E-state index is 0.0745. The van der Waals surface area contributed by atoms with Crippen LogP contribution in [-0.2, 0) is 16.0 Å². The van der Waals surface area contributed by atoms with Gasteiger partial charge in [0.2, 0.25) is 5.91 Å². The maximum absolute atomic E-state index is 11.9. The molecule has 1 saturated carbocycles. The Balaban J connectivity index is 1.91. The van der Waals surface area contributed by atoms with Gasteiger partial charge in [-0.15, -0.1) is 0 Å². The van der Waals surface area contributed by atoms with Gasteiger partial charge in [0, 0.05) is 18.6 Å². The van der Waals surface area contributed by atoms with E-state index in [0.717, 1.165) is 23.4 Å². The van der Waals surface area contributed by atoms with Crippen molar-refractivity contribution in [3.8, 4) is 5.75 Å². The van der Waals surface area contributed by atoms with Crippen LogP contribution in [0.2, 0.25) is 0 Å². The first kappa shape index (κ1) is 16.2. The van der Waals surface area contributed by atoms with Gasteiger partial charge in [-0.3, -0.25) is 9.59 Å². The van der Waals surface area contributed by atoms with E-state index in [1.54, 1.807) is 7.11 Å². The summed E-state index contributed by atoms with van der Waals surface area (Å²) in [5, 5.41) is 4.13. The lowest BCUT2D eigenvalue weighted by molar-refractivity contribution is -0.121. The summed E-state index contributed by atoms with van der Waals surface area (Å²) in [5.41, 5.74) is 4.12. The second-order valence-electron chi connectivity index (χ2n) is 6.47. The Kier molecular flexibility index (Phi) is 4.96. The lowest BCUT2D eigenvalue weighted by Crippen LogP contribution is -2.31. The normalized spacial score (nSPS) is 19.0. The van der Waals surface area contributed by atoms with Gasteiger partial charge in [0.15, 0.2) is 0 Å². The third-order valence-electron chi connectivity index (χ3n) is 3.62. The average Bonchev–Trinajstić information content (AvgIpc) is 2.44. The van der Waals surface area contributed by atoms with Crippen LogP contribution in [0.15, 0.2) is 29.4 Å². The fraction of sp³-hybridized carbons (Fsp3) is 0.471. The maximum atomic E-state index is 11.9. The fourth-order valence-electron chi connectivity index (χ4n) is 2.69. The molecule has 1 aliphatic carbocycles. The third-order valence-corrected chi connectivity index (χ3v) is 3.62. The fourth-order valence-corrected chi connectivity index (χ4v) is 2.69. The van der Waals surface area contributed by atoms with E-state index in [0.29, 0.717) is 12.8 Å². The summed E-state index contributed by atoms with van der Waals surface area (Å²) < 4.78 is 5.08. The number of hydrogen-bond acceptors (Lipinski definition) is 4. The van der Waals surface area contributed by atoms with Crippen molar-refractivity contribution >= 4 is 17.4 Å². The first-order chi connectivity index (χ1) is 10.4. The Morgan fingerprint density at radius 3 is 2.55 bits per heavy atom. The quantitative estimate of drug-likeness (QED) is 0.869. The molecule has 1 aromatic rings. The Labute approximate surface area is 130 Å². The van der Waals surface area contributed by atoms with Crippen molar-refractivity contribution in [2.45, 2.75) is 39.5 Å². The van der Waals surface area contributed by atoms with Gasteiger partial charge in [0.25, 0.3) is 0 Å². The van der Waals surface area contributed by atoms with Crippen LogP contribution >= 0.6 is 0 Å². The number of rotatable bonds is 4. The van der Waals surface area contributed by atoms with Crippen molar-refractivity contribution in [3.05, 3.63) is 29.8 Å². The molecule has 1 fully saturated rings. The van der Waals surface area contributed by atoms with E-state index >= 15 is 0 Å². The molecule has 0 aromatic heterocycles. The molecule has 2 rings (SSSR count). The monoisotopic (exact) mass is 302 g/mol. The number of amides is 1. The molecule has 1 aromatic carbocycles. The molecule has 1 aliphatic rings. The zero-order valence-electron chi connectivity index (χ0n) is 13.3. The molecule has 5 heteroatoms. The predicted octanol–water partition coefficient (Wildman–Crippen LogP) is 2.49. The maximum Gasteiger partial charge on any atom is 0.244 e. The Hall–Kier alpha value is -2.17. The van der Waals surface area contributed by atoms with Gasteiger partial charge >= 0.3 is 0 Å². The van der Waals surface area contributed by atoms with Crippen molar-refractivity contribution in [1.82, 2.24) is 5.43 Å². The number of nitrogens with one attached hydrogen (secondary N) is 1. The summed E-state index contributed by atoms with van der Waals surface area (Å²) in [4.78, 5) is 23.6. The van der Waals surface area contributed by atoms with Crippen LogP contribution in [-0.4, -0.2) is 24.5 Å². The largest absolute Gasteiger partial charge is 0.497 e. The number of ether oxygens (including phenoxy) is 1. The molecule has 5 nitrogen and oxygen atoms in total. The van der Waals surface area contributed by atoms with Crippen molar-refractivity contribution in [3.63, 3.8) is 0 Å². The van der Waals surface area contributed by atoms with Gasteiger partial charge in [-0.2, -0.15) is 5.10 Å². The zero-order chi connectivity index (χ0) is 16.2. The van der Waals surface area contributed by atoms with E-state index in [1.807, 2.05) is 38.1 Å². The van der Waals surface area contributed by atoms with Gasteiger partial charge in [0.05, 0.1) is 13.5 Å². The summed E-state index contributed by atoms with van der Waals surface area (Å²) in [7, 11) is 1.60. The first-order valence-corrected chi connectivity index (χ1v) is 7.37. The second kappa shape index (κ2) is 6.73. The molecule has 1 amide bonds. The van der Waals surface area contributed by atoms with Crippen molar-refractivity contribution in [2.24, 2.45) is 10.5 Å². The molecule has 0 bridgehead atoms. The van der Waals surface area contributed by atoms with Crippen LogP contribution in [0.1, 0.15) is 38.7 Å². The van der Waals surface area contributed by atoms with E-state index in [2.05, 4.69) is 10.5 Å². The molecule has 0 atom stereocenters. The van der Waals surface area contributed by atoms with E-state index in [1.165, 1.54) is 0 Å². The highest BCUT2D eigenvalue weighted by Gasteiger charge is 2.30. The number of benzene rings is 1. The smallest absolute Gasteiger partial charge is 0.244 e. The molecule has 1 N–H and O–H groups in total. The first-order valence-electron chi connectivity index (χ1n) is 7.37. The number of carbonyl (C=O) groups is 2. The molecular formula is C17H22N2O3. The second-order valence-corrected chi connectivity index (χ2v) is 6.47. The minimum Gasteiger partial charge on any atom is -0.497 e. The number of hydrogen-bond donors (Lipinski definition) is 1. The Morgan fingerprint density at radius 2 is 1.95 bits per heavy atom. The third kappa shape index (κ3) is 4.69. The molecule has 22 heavy (non-hydrogen) atoms. The summed E-state index contributed by atoms with van der Waals surface area (Å²) in [6.07, 6.45) is 1.90. The Bertz CT molecular complexity index is 588. The highest BCUT2D eigenvalue weighted by atomic mass is 16.5. The minimum atomic E-state index is -0.187. The number of methoxy groups -OCH3 is 1. The zero-order valence-corrected chi connectivity index (χ0v) is 13.3. The summed E-state index contributed by atoms with van der Waals surface area (Å²) >= 11 is 0. The molecule has 0 unspecified atom stereocenters. The van der Waals surface area contributed by atoms with Gasteiger partial charge in [-0.05, 0) is 29.5 Å². The van der Waals surface area contributed by atoms with Crippen LogP contribution in [0.4, 0.5) is 0 Å². The van der Waals surface area contributed by atoms with E-state index in [-0.39, 0.29) is 23.5 Å². The van der Waals surface area contributed by atoms with Crippen LogP contribution < -0.4 is 10.2 Å². The van der Waals surface area contributed by atoms with E-state index < -0.39 is 0 Å². The van der Waals surface area contributed by atoms with Gasteiger partial charge < -0.3 is 4.74 Å². The number of Topliss-reactive ketones (excluding diaryl/α,β-unsaturated/α-hetero) is 1. The average molecular weight is 302 g/mol. The summed E-state index contributed by atoms with van der Waals surface area (Å²) in [6, 6.07) is 7.32. The standard InChI is InChI=1S/C17H22N2O3/c1-17(2)10-13(9-14(20)11-17)18-19-16(21)8-12-4-6-15(22-3)7-5-12/h4-7H,8-11H2,1-3H3,(H,19,21)/b18-13+. The van der Waals surface area contributed by atoms with Crippen molar-refractivity contribution in [2.75, 3.05) is 7.11 Å². The number of ketones is 1. The summed E-state index contributed by atoms with van der Waals surface area (Å²) in [5.74, 6) is 0.750. The van der Waals surface area contributed by atoms with Gasteiger partial charge in [-0.25, -0.2) is 5.43 Å². The molecular weight excluding hydrogens is 280 g/mol. The predicted molar refractivity (Wildman–Crippen MR) is 84.9 cm³/mol. The lowest BCUT2D eigenvalue weighted by atomic mass is 9.76. The molecule has 0 heterocycles. The highest BCUT2D eigenvalue weighted by Crippen LogP contribution is 2.31. The molecule has 0 radical (unpaired) electrons. The topological polar surface area (TPSA) is 67.8 Å². The van der Waals surface area contributed by atoms with Crippen LogP contribution in [0.3, 0.4) is 0 Å². The van der Waals surface area contributed by atoms with E-state index in [4.69, 9.17) is 4.74 Å². The van der Waals surface area contributed by atoms with Crippen LogP contribution in [0, 0.1) is 5.41 Å². The van der Waals surface area contributed by atoms with Crippen LogP contribution in [0.5, 0.6) is 5.75 Å². The molecule has 118 valence electrons. The lowest BCUT2D eigenvalue weighted by Gasteiger charge is -2.29. The number of hydrazone groups is 1. The number of nitrogens with zero attached hydrogens (tertiary/aromatic N) is 1. The van der Waals surface area contributed by atoms with Crippen molar-refractivity contribution < 1.29 is 14.3 Å². The Morgan fingerprint density at radius 1 is 1.27 bits per heavy atom. The van der Waals surface area contributed by atoms with Crippen molar-refractivity contribution in [1.29, 1.82) is 0 Å². The molecule has 0 spiro atoms. The van der Waals surface area contributed by atoms with Gasteiger partial charge in [0.1, 0.15) is 11.5 Å².